The second-order valence-corrected chi connectivity index (χ2v) is 3.12. The summed E-state index contributed by atoms with van der Waals surface area (Å²) in [7, 11) is 0. The van der Waals surface area contributed by atoms with Gasteiger partial charge in [0.05, 0.1) is 11.7 Å². The lowest BCUT2D eigenvalue weighted by atomic mass is 9.98. The predicted octanol–water partition coefficient (Wildman–Crippen LogP) is 2.11. The third-order valence-electron chi connectivity index (χ3n) is 0.924. The molecule has 0 spiro atoms. The van der Waals surface area contributed by atoms with Crippen LogP contribution in [-0.4, -0.2) is 5.97 Å². The largest absolute Gasteiger partial charge is 0.434 e. The lowest BCUT2D eigenvalue weighted by Gasteiger charge is -2.13. The van der Waals surface area contributed by atoms with Gasteiger partial charge in [0, 0.05) is 0 Å². The van der Waals surface area contributed by atoms with Crippen LogP contribution in [0.25, 0.3) is 0 Å². The van der Waals surface area contributed by atoms with Gasteiger partial charge in [-0.3, -0.25) is 4.79 Å². The van der Waals surface area contributed by atoms with Crippen LogP contribution in [0, 0.1) is 5.41 Å². The van der Waals surface area contributed by atoms with Crippen molar-refractivity contribution in [2.75, 3.05) is 0 Å². The standard InChI is InChI=1S/C8H14O2/c1-5-6-10-7(9)8(2,3)4/h5-6H,1-4H3. The molecule has 0 saturated carbocycles. The van der Waals surface area contributed by atoms with Gasteiger partial charge in [-0.25, -0.2) is 0 Å². The predicted molar refractivity (Wildman–Crippen MR) is 40.4 cm³/mol. The molecule has 0 aromatic carbocycles. The van der Waals surface area contributed by atoms with Crippen LogP contribution >= 0.6 is 0 Å². The summed E-state index contributed by atoms with van der Waals surface area (Å²) in [5, 5.41) is 0. The molecular weight excluding hydrogens is 128 g/mol. The maximum absolute atomic E-state index is 11.0. The number of esters is 1. The normalized spacial score (nSPS) is 12.0. The van der Waals surface area contributed by atoms with E-state index in [-0.39, 0.29) is 5.97 Å². The first-order valence-corrected chi connectivity index (χ1v) is 3.30. The molecule has 0 fully saturated rings. The molecule has 0 radical (unpaired) electrons. The fourth-order valence-corrected chi connectivity index (χ4v) is 0.307. The lowest BCUT2D eigenvalue weighted by molar-refractivity contribution is -0.146. The molecule has 0 aromatic heterocycles. The number of allylic oxidation sites excluding steroid dienone is 1. The van der Waals surface area contributed by atoms with Gasteiger partial charge in [0.1, 0.15) is 0 Å². The van der Waals surface area contributed by atoms with Crippen LogP contribution in [-0.2, 0) is 9.53 Å². The molecule has 0 heterocycles. The first kappa shape index (κ1) is 9.21. The molecule has 0 aliphatic heterocycles. The summed E-state index contributed by atoms with van der Waals surface area (Å²) < 4.78 is 4.74. The first-order valence-electron chi connectivity index (χ1n) is 3.30. The Kier molecular flexibility index (Phi) is 3.13. The Morgan fingerprint density at radius 3 is 2.20 bits per heavy atom. The Hall–Kier alpha value is -0.790. The smallest absolute Gasteiger partial charge is 0.316 e. The van der Waals surface area contributed by atoms with Crippen molar-refractivity contribution in [2.45, 2.75) is 27.7 Å². The van der Waals surface area contributed by atoms with Gasteiger partial charge in [-0.1, -0.05) is 6.08 Å². The van der Waals surface area contributed by atoms with Crippen molar-refractivity contribution in [3.8, 4) is 0 Å². The molecule has 2 heteroatoms. The van der Waals surface area contributed by atoms with E-state index in [2.05, 4.69) is 0 Å². The summed E-state index contributed by atoms with van der Waals surface area (Å²) in [5.41, 5.74) is -0.403. The molecule has 0 saturated heterocycles. The number of carbonyl (C=O) groups excluding carboxylic acids is 1. The average molecular weight is 142 g/mol. The maximum atomic E-state index is 11.0. The first-order chi connectivity index (χ1) is 4.48. The van der Waals surface area contributed by atoms with Gasteiger partial charge in [-0.05, 0) is 27.7 Å². The summed E-state index contributed by atoms with van der Waals surface area (Å²) >= 11 is 0. The Labute approximate surface area is 61.9 Å². The molecule has 2 nitrogen and oxygen atoms in total. The van der Waals surface area contributed by atoms with Crippen LogP contribution in [0.4, 0.5) is 0 Å². The SMILES string of the molecule is CC=COC(=O)C(C)(C)C. The molecule has 0 bridgehead atoms. The zero-order valence-corrected chi connectivity index (χ0v) is 6.97. The molecule has 0 aliphatic rings. The highest BCUT2D eigenvalue weighted by Crippen LogP contribution is 2.14. The fourth-order valence-electron chi connectivity index (χ4n) is 0.307. The Balaban J connectivity index is 3.86. The summed E-state index contributed by atoms with van der Waals surface area (Å²) in [4.78, 5) is 11.0. The second kappa shape index (κ2) is 3.40. The molecular formula is C8H14O2. The minimum Gasteiger partial charge on any atom is -0.434 e. The van der Waals surface area contributed by atoms with E-state index in [9.17, 15) is 4.79 Å². The van der Waals surface area contributed by atoms with Gasteiger partial charge in [0.15, 0.2) is 0 Å². The summed E-state index contributed by atoms with van der Waals surface area (Å²) in [5.74, 6) is -0.203. The number of carbonyl (C=O) groups is 1. The molecule has 0 unspecified atom stereocenters. The van der Waals surface area contributed by atoms with Crippen LogP contribution in [0.5, 0.6) is 0 Å². The van der Waals surface area contributed by atoms with E-state index < -0.39 is 5.41 Å². The number of hydrogen-bond acceptors (Lipinski definition) is 2. The van der Waals surface area contributed by atoms with Crippen molar-refractivity contribution in [1.29, 1.82) is 0 Å². The van der Waals surface area contributed by atoms with E-state index in [1.807, 2.05) is 20.8 Å². The summed E-state index contributed by atoms with van der Waals surface area (Å²) in [6, 6.07) is 0. The summed E-state index contributed by atoms with van der Waals surface area (Å²) in [6.45, 7) is 7.26. The van der Waals surface area contributed by atoms with Crippen LogP contribution < -0.4 is 0 Å². The average Bonchev–Trinajstić information content (AvgIpc) is 1.80. The topological polar surface area (TPSA) is 26.3 Å². The van der Waals surface area contributed by atoms with Crippen molar-refractivity contribution in [1.82, 2.24) is 0 Å². The monoisotopic (exact) mass is 142 g/mol. The van der Waals surface area contributed by atoms with Crippen LogP contribution in [0.15, 0.2) is 12.3 Å². The van der Waals surface area contributed by atoms with Gasteiger partial charge in [0.2, 0.25) is 0 Å². The Morgan fingerprint density at radius 2 is 1.90 bits per heavy atom. The highest BCUT2D eigenvalue weighted by atomic mass is 16.5. The molecule has 0 atom stereocenters. The van der Waals surface area contributed by atoms with Gasteiger partial charge in [0.25, 0.3) is 0 Å². The van der Waals surface area contributed by atoms with Crippen molar-refractivity contribution in [3.05, 3.63) is 12.3 Å². The Morgan fingerprint density at radius 1 is 1.40 bits per heavy atom. The summed E-state index contributed by atoms with van der Waals surface area (Å²) in [6.07, 6.45) is 3.08. The highest BCUT2D eigenvalue weighted by molar-refractivity contribution is 5.75. The van der Waals surface area contributed by atoms with Crippen LogP contribution in [0.2, 0.25) is 0 Å². The van der Waals surface area contributed by atoms with Gasteiger partial charge in [-0.15, -0.1) is 0 Å². The molecule has 10 heavy (non-hydrogen) atoms. The maximum Gasteiger partial charge on any atom is 0.316 e. The molecule has 0 aromatic rings. The van der Waals surface area contributed by atoms with E-state index in [1.165, 1.54) is 6.26 Å². The van der Waals surface area contributed by atoms with Crippen molar-refractivity contribution < 1.29 is 9.53 Å². The van der Waals surface area contributed by atoms with Crippen LogP contribution in [0.3, 0.4) is 0 Å². The van der Waals surface area contributed by atoms with Crippen molar-refractivity contribution in [3.63, 3.8) is 0 Å². The van der Waals surface area contributed by atoms with Gasteiger partial charge < -0.3 is 4.74 Å². The molecule has 0 aliphatic carbocycles. The van der Waals surface area contributed by atoms with E-state index in [1.54, 1.807) is 13.0 Å². The molecule has 0 N–H and O–H groups in total. The fraction of sp³-hybridized carbons (Fsp3) is 0.625. The molecule has 0 amide bonds. The number of hydrogen-bond donors (Lipinski definition) is 0. The van der Waals surface area contributed by atoms with Gasteiger partial charge in [-0.2, -0.15) is 0 Å². The third kappa shape index (κ3) is 3.28. The van der Waals surface area contributed by atoms with E-state index in [0.717, 1.165) is 0 Å². The third-order valence-corrected chi connectivity index (χ3v) is 0.924. The van der Waals surface area contributed by atoms with E-state index >= 15 is 0 Å². The lowest BCUT2D eigenvalue weighted by Crippen LogP contribution is -2.20. The number of ether oxygens (including phenoxy) is 1. The van der Waals surface area contributed by atoms with E-state index in [4.69, 9.17) is 4.74 Å². The minimum absolute atomic E-state index is 0.203. The van der Waals surface area contributed by atoms with Gasteiger partial charge >= 0.3 is 5.97 Å². The number of rotatable bonds is 1. The molecule has 58 valence electrons. The zero-order valence-electron chi connectivity index (χ0n) is 6.97. The zero-order chi connectivity index (χ0) is 8.20. The Bertz CT molecular complexity index is 140. The van der Waals surface area contributed by atoms with Crippen LogP contribution in [0.1, 0.15) is 27.7 Å². The van der Waals surface area contributed by atoms with Crippen molar-refractivity contribution >= 4 is 5.97 Å². The highest BCUT2D eigenvalue weighted by Gasteiger charge is 2.21. The van der Waals surface area contributed by atoms with Crippen molar-refractivity contribution in [2.24, 2.45) is 5.41 Å². The quantitative estimate of drug-likeness (QED) is 0.414. The molecule has 0 rings (SSSR count). The minimum atomic E-state index is -0.403. The van der Waals surface area contributed by atoms with E-state index in [0.29, 0.717) is 0 Å². The second-order valence-electron chi connectivity index (χ2n) is 3.12.